The Morgan fingerprint density at radius 2 is 1.69 bits per heavy atom. The Bertz CT molecular complexity index is 1380. The second-order valence-electron chi connectivity index (χ2n) is 7.36. The van der Waals surface area contributed by atoms with Gasteiger partial charge < -0.3 is 10.5 Å². The fourth-order valence-corrected chi connectivity index (χ4v) is 4.10. The molecule has 36 heavy (non-hydrogen) atoms. The molecule has 3 rings (SSSR count). The summed E-state index contributed by atoms with van der Waals surface area (Å²) in [4.78, 5) is 11.4. The summed E-state index contributed by atoms with van der Waals surface area (Å²) >= 11 is 0. The molecule has 190 valence electrons. The third-order valence-corrected chi connectivity index (χ3v) is 6.29. The highest BCUT2D eigenvalue weighted by molar-refractivity contribution is 7.89. The Labute approximate surface area is 202 Å². The molecule has 10 nitrogen and oxygen atoms in total. The molecule has 0 aliphatic carbocycles. The quantitative estimate of drug-likeness (QED) is 0.130. The summed E-state index contributed by atoms with van der Waals surface area (Å²) in [5, 5.41) is 26.4. The van der Waals surface area contributed by atoms with Crippen LogP contribution in [0.25, 0.3) is 0 Å². The molecule has 0 aliphatic rings. The van der Waals surface area contributed by atoms with E-state index in [2.05, 4.69) is 0 Å². The number of amidine groups is 1. The fraction of sp³-hybridized carbons (Fsp3) is 0.0909. The summed E-state index contributed by atoms with van der Waals surface area (Å²) in [5.74, 6) is -6.54. The number of carbonyl (C=O) groups is 1. The van der Waals surface area contributed by atoms with Crippen LogP contribution in [0.2, 0.25) is 0 Å². The summed E-state index contributed by atoms with van der Waals surface area (Å²) in [7, 11) is -5.14. The first kappa shape index (κ1) is 26.6. The average Bonchev–Trinajstić information content (AvgIpc) is 2.85. The molecule has 6 N–H and O–H groups in total. The molecule has 0 bridgehead atoms. The number of benzene rings is 3. The first-order chi connectivity index (χ1) is 16.9. The predicted molar refractivity (Wildman–Crippen MR) is 119 cm³/mol. The summed E-state index contributed by atoms with van der Waals surface area (Å²) in [6, 6.07) is 9.04. The summed E-state index contributed by atoms with van der Waals surface area (Å²) in [6.45, 7) is 0. The van der Waals surface area contributed by atoms with Gasteiger partial charge in [0.1, 0.15) is 17.4 Å². The third kappa shape index (κ3) is 5.80. The smallest absolute Gasteiger partial charge is 0.289 e. The largest absolute Gasteiger partial charge is 0.451 e. The van der Waals surface area contributed by atoms with Gasteiger partial charge in [0.25, 0.3) is 15.9 Å². The van der Waals surface area contributed by atoms with Crippen molar-refractivity contribution in [2.75, 3.05) is 0 Å². The van der Waals surface area contributed by atoms with Gasteiger partial charge in [-0.25, -0.2) is 13.2 Å². The van der Waals surface area contributed by atoms with Gasteiger partial charge in [0, 0.05) is 5.56 Å². The van der Waals surface area contributed by atoms with Crippen molar-refractivity contribution in [3.8, 4) is 11.5 Å². The number of nitrogens with two attached hydrogens (primary N) is 1. The predicted octanol–water partition coefficient (Wildman–Crippen LogP) is 2.68. The monoisotopic (exact) mass is 524 g/mol. The molecule has 3 aromatic carbocycles. The zero-order valence-electron chi connectivity index (χ0n) is 18.2. The topological polar surface area (TPSA) is 166 Å². The maximum absolute atomic E-state index is 14.5. The Morgan fingerprint density at radius 3 is 2.28 bits per heavy atom. The van der Waals surface area contributed by atoms with Gasteiger partial charge in [0.2, 0.25) is 0 Å². The van der Waals surface area contributed by atoms with Crippen LogP contribution in [0.5, 0.6) is 11.5 Å². The highest BCUT2D eigenvalue weighted by Crippen LogP contribution is 2.31. The minimum atomic E-state index is -5.14. The fourth-order valence-electron chi connectivity index (χ4n) is 3.02. The molecular formula is C22H19F3N4O6S. The SMILES string of the molecule is N=C(NO)c1cccc(C[C@@H](N)C(=O)N(O)S(=O)(=O)c2cc(F)c(Oc3ccc(F)cc3)c(F)c2)c1. The van der Waals surface area contributed by atoms with Crippen LogP contribution < -0.4 is 16.0 Å². The van der Waals surface area contributed by atoms with Crippen molar-refractivity contribution in [1.82, 2.24) is 9.95 Å². The van der Waals surface area contributed by atoms with Crippen LogP contribution in [0.3, 0.4) is 0 Å². The van der Waals surface area contributed by atoms with Crippen LogP contribution in [-0.2, 0) is 21.2 Å². The molecule has 0 radical (unpaired) electrons. The number of hydrogen-bond donors (Lipinski definition) is 5. The van der Waals surface area contributed by atoms with Crippen LogP contribution in [0, 0.1) is 22.9 Å². The Morgan fingerprint density at radius 1 is 1.08 bits per heavy atom. The van der Waals surface area contributed by atoms with Gasteiger partial charge in [-0.05, 0) is 54.4 Å². The van der Waals surface area contributed by atoms with Gasteiger partial charge >= 0.3 is 0 Å². The molecule has 0 saturated heterocycles. The number of rotatable bonds is 8. The summed E-state index contributed by atoms with van der Waals surface area (Å²) in [6.07, 6.45) is -0.287. The average molecular weight is 524 g/mol. The van der Waals surface area contributed by atoms with Crippen molar-refractivity contribution in [2.24, 2.45) is 5.73 Å². The number of halogens is 3. The number of amides is 1. The number of ether oxygens (including phenoxy) is 1. The first-order valence-corrected chi connectivity index (χ1v) is 11.4. The second-order valence-corrected chi connectivity index (χ2v) is 9.12. The number of hydrogen-bond acceptors (Lipinski definition) is 8. The van der Waals surface area contributed by atoms with Crippen molar-refractivity contribution in [3.63, 3.8) is 0 Å². The lowest BCUT2D eigenvalue weighted by atomic mass is 10.0. The molecule has 0 fully saturated rings. The van der Waals surface area contributed by atoms with Gasteiger partial charge in [-0.3, -0.25) is 26.1 Å². The molecule has 0 aliphatic heterocycles. The van der Waals surface area contributed by atoms with Gasteiger partial charge in [0.05, 0.1) is 10.9 Å². The molecule has 3 aromatic rings. The molecule has 1 amide bonds. The van der Waals surface area contributed by atoms with Crippen LogP contribution in [0.1, 0.15) is 11.1 Å². The van der Waals surface area contributed by atoms with E-state index in [9.17, 15) is 31.6 Å². The minimum absolute atomic E-state index is 0.135. The standard InChI is InChI=1S/C22H19F3N4O6S/c23-14-4-6-15(7-5-14)35-20-17(24)10-16(11-18(20)25)36(33,34)29(32)22(30)19(26)9-12-2-1-3-13(8-12)21(27)28-31/h1-8,10-11,19,31-32H,9,26H2,(H2,27,28)/t19-/m1/s1. The first-order valence-electron chi connectivity index (χ1n) is 9.98. The normalized spacial score (nSPS) is 12.1. The van der Waals surface area contributed by atoms with Gasteiger partial charge in [-0.1, -0.05) is 18.2 Å². The van der Waals surface area contributed by atoms with Crippen LogP contribution >= 0.6 is 0 Å². The van der Waals surface area contributed by atoms with E-state index >= 15 is 0 Å². The van der Waals surface area contributed by atoms with Gasteiger partial charge in [-0.15, -0.1) is 4.47 Å². The lowest BCUT2D eigenvalue weighted by molar-refractivity contribution is -0.147. The number of carbonyl (C=O) groups excluding carboxylic acids is 1. The molecule has 0 unspecified atom stereocenters. The highest BCUT2D eigenvalue weighted by atomic mass is 32.2. The Kier molecular flexibility index (Phi) is 7.94. The van der Waals surface area contributed by atoms with Crippen LogP contribution in [0.4, 0.5) is 13.2 Å². The van der Waals surface area contributed by atoms with E-state index in [1.807, 2.05) is 0 Å². The maximum Gasteiger partial charge on any atom is 0.289 e. The van der Waals surface area contributed by atoms with Crippen molar-refractivity contribution in [1.29, 1.82) is 5.41 Å². The van der Waals surface area contributed by atoms with Crippen molar-refractivity contribution < 1.29 is 41.5 Å². The Hall–Kier alpha value is -3.98. The highest BCUT2D eigenvalue weighted by Gasteiger charge is 2.33. The number of nitrogens with zero attached hydrogens (tertiary/aromatic N) is 1. The van der Waals surface area contributed by atoms with Crippen molar-refractivity contribution >= 4 is 21.8 Å². The molecule has 0 saturated carbocycles. The van der Waals surface area contributed by atoms with Gasteiger partial charge in [-0.2, -0.15) is 8.42 Å². The zero-order chi connectivity index (χ0) is 26.6. The maximum atomic E-state index is 14.5. The summed E-state index contributed by atoms with van der Waals surface area (Å²) in [5.41, 5.74) is 7.97. The molecular weight excluding hydrogens is 505 g/mol. The third-order valence-electron chi connectivity index (χ3n) is 4.82. The van der Waals surface area contributed by atoms with E-state index in [4.69, 9.17) is 21.1 Å². The van der Waals surface area contributed by atoms with Crippen LogP contribution in [-0.4, -0.2) is 41.1 Å². The van der Waals surface area contributed by atoms with Crippen LogP contribution in [0.15, 0.2) is 65.6 Å². The van der Waals surface area contributed by atoms with E-state index in [-0.39, 0.29) is 23.6 Å². The molecule has 14 heteroatoms. The van der Waals surface area contributed by atoms with E-state index in [0.29, 0.717) is 17.7 Å². The molecule has 0 aromatic heterocycles. The van der Waals surface area contributed by atoms with E-state index in [1.165, 1.54) is 24.3 Å². The number of hydroxylamine groups is 2. The molecule has 0 spiro atoms. The zero-order valence-corrected chi connectivity index (χ0v) is 19.0. The molecule has 1 atom stereocenters. The van der Waals surface area contributed by atoms with Crippen molar-refractivity contribution in [2.45, 2.75) is 17.4 Å². The Balaban J connectivity index is 1.80. The van der Waals surface area contributed by atoms with Gasteiger partial charge in [0.15, 0.2) is 17.4 Å². The second kappa shape index (κ2) is 10.7. The number of nitrogens with one attached hydrogen (secondary N) is 2. The minimum Gasteiger partial charge on any atom is -0.451 e. The van der Waals surface area contributed by atoms with Crippen molar-refractivity contribution in [3.05, 3.63) is 89.2 Å². The lowest BCUT2D eigenvalue weighted by Crippen LogP contribution is -2.46. The van der Waals surface area contributed by atoms with E-state index < -0.39 is 54.5 Å². The van der Waals surface area contributed by atoms with E-state index in [0.717, 1.165) is 24.3 Å². The number of sulfonamides is 1. The lowest BCUT2D eigenvalue weighted by Gasteiger charge is -2.20. The summed E-state index contributed by atoms with van der Waals surface area (Å²) < 4.78 is 71.6. The molecule has 0 heterocycles. The van der Waals surface area contributed by atoms with E-state index in [1.54, 1.807) is 5.48 Å².